The van der Waals surface area contributed by atoms with Crippen LogP contribution in [0.4, 0.5) is 5.69 Å². The average molecular weight is 386 g/mol. The van der Waals surface area contributed by atoms with Crippen LogP contribution in [-0.4, -0.2) is 68.1 Å². The highest BCUT2D eigenvalue weighted by Gasteiger charge is 2.36. The van der Waals surface area contributed by atoms with Crippen LogP contribution in [0.15, 0.2) is 36.4 Å². The molecule has 2 heterocycles. The van der Waals surface area contributed by atoms with Gasteiger partial charge in [-0.25, -0.2) is 0 Å². The first-order valence-electron chi connectivity index (χ1n) is 10.4. The summed E-state index contributed by atoms with van der Waals surface area (Å²) in [5.74, 6) is 1.16. The Morgan fingerprint density at radius 3 is 2.46 bits per heavy atom. The maximum Gasteiger partial charge on any atom is 0.232 e. The predicted molar refractivity (Wildman–Crippen MR) is 115 cm³/mol. The van der Waals surface area contributed by atoms with Crippen LogP contribution in [0.1, 0.15) is 33.6 Å². The summed E-state index contributed by atoms with van der Waals surface area (Å²) in [6.07, 6.45) is 2.25. The average Bonchev–Trinajstić information content (AvgIpc) is 2.73. The van der Waals surface area contributed by atoms with E-state index < -0.39 is 5.41 Å². The molecule has 28 heavy (non-hydrogen) atoms. The van der Waals surface area contributed by atoms with E-state index in [0.29, 0.717) is 6.04 Å². The molecule has 0 aromatic heterocycles. The van der Waals surface area contributed by atoms with E-state index in [1.165, 1.54) is 12.1 Å². The minimum absolute atomic E-state index is 0.220. The molecule has 2 aliphatic heterocycles. The smallest absolute Gasteiger partial charge is 0.232 e. The molecule has 1 aromatic rings. The molecule has 0 unspecified atom stereocenters. The van der Waals surface area contributed by atoms with E-state index in [1.54, 1.807) is 7.11 Å². The number of carbonyl (C=O) groups excluding carboxylic acids is 1. The molecule has 0 bridgehead atoms. The number of piperidine rings is 1. The minimum atomic E-state index is -0.482. The van der Waals surface area contributed by atoms with Gasteiger partial charge in [0.15, 0.2) is 0 Å². The molecule has 0 aliphatic carbocycles. The summed E-state index contributed by atoms with van der Waals surface area (Å²) in [5.41, 5.74) is 1.63. The standard InChI is InChI=1S/C23H35N3O2/c1-18(2)23(3,4)22(27)26-12-8-9-19(17-26)24-13-15-25(16-14-24)20-10-6-7-11-21(20)28-5/h6-7,10-11,19H,1,8-9,12-17H2,2-5H3/t19-/m0/s1. The Morgan fingerprint density at radius 1 is 1.14 bits per heavy atom. The third kappa shape index (κ3) is 4.19. The number of amides is 1. The molecule has 154 valence electrons. The maximum atomic E-state index is 13.0. The summed E-state index contributed by atoms with van der Waals surface area (Å²) < 4.78 is 5.53. The first-order valence-corrected chi connectivity index (χ1v) is 10.4. The van der Waals surface area contributed by atoms with E-state index in [-0.39, 0.29) is 5.91 Å². The van der Waals surface area contributed by atoms with Crippen molar-refractivity contribution < 1.29 is 9.53 Å². The fraction of sp³-hybridized carbons (Fsp3) is 0.609. The molecular weight excluding hydrogens is 350 g/mol. The van der Waals surface area contributed by atoms with Crippen molar-refractivity contribution in [3.63, 3.8) is 0 Å². The van der Waals surface area contributed by atoms with Crippen molar-refractivity contribution in [1.82, 2.24) is 9.80 Å². The predicted octanol–water partition coefficient (Wildman–Crippen LogP) is 3.41. The van der Waals surface area contributed by atoms with Crippen molar-refractivity contribution in [3.05, 3.63) is 36.4 Å². The molecule has 0 radical (unpaired) electrons. The number of methoxy groups -OCH3 is 1. The van der Waals surface area contributed by atoms with Crippen LogP contribution in [-0.2, 0) is 4.79 Å². The third-order valence-electron chi connectivity index (χ3n) is 6.54. The Kier molecular flexibility index (Phi) is 6.33. The van der Waals surface area contributed by atoms with E-state index in [9.17, 15) is 4.79 Å². The van der Waals surface area contributed by atoms with Gasteiger partial charge in [0.25, 0.3) is 0 Å². The van der Waals surface area contributed by atoms with Crippen LogP contribution in [0, 0.1) is 5.41 Å². The van der Waals surface area contributed by atoms with Crippen molar-refractivity contribution in [2.45, 2.75) is 39.7 Å². The molecule has 2 saturated heterocycles. The number of carbonyl (C=O) groups is 1. The maximum absolute atomic E-state index is 13.0. The lowest BCUT2D eigenvalue weighted by Crippen LogP contribution is -2.57. The Hall–Kier alpha value is -2.01. The van der Waals surface area contributed by atoms with E-state index in [2.05, 4.69) is 33.4 Å². The summed E-state index contributed by atoms with van der Waals surface area (Å²) in [7, 11) is 1.73. The molecule has 0 N–H and O–H groups in total. The summed E-state index contributed by atoms with van der Waals surface area (Å²) >= 11 is 0. The molecular formula is C23H35N3O2. The summed E-state index contributed by atoms with van der Waals surface area (Å²) in [5, 5.41) is 0. The van der Waals surface area contributed by atoms with E-state index in [0.717, 1.165) is 57.0 Å². The second kappa shape index (κ2) is 8.56. The van der Waals surface area contributed by atoms with Crippen molar-refractivity contribution in [2.24, 2.45) is 5.41 Å². The Labute approximate surface area is 169 Å². The normalized spacial score (nSPS) is 21.5. The number of ether oxygens (including phenoxy) is 1. The van der Waals surface area contributed by atoms with Gasteiger partial charge < -0.3 is 14.5 Å². The number of benzene rings is 1. The highest BCUT2D eigenvalue weighted by Crippen LogP contribution is 2.31. The lowest BCUT2D eigenvalue weighted by molar-refractivity contribution is -0.140. The largest absolute Gasteiger partial charge is 0.495 e. The quantitative estimate of drug-likeness (QED) is 0.728. The number of likely N-dealkylation sites (tertiary alicyclic amines) is 1. The van der Waals surface area contributed by atoms with Gasteiger partial charge in [-0.1, -0.05) is 24.3 Å². The fourth-order valence-corrected chi connectivity index (χ4v) is 4.23. The van der Waals surface area contributed by atoms with Crippen molar-refractivity contribution in [1.29, 1.82) is 0 Å². The van der Waals surface area contributed by atoms with E-state index >= 15 is 0 Å². The second-order valence-electron chi connectivity index (χ2n) is 8.65. The van der Waals surface area contributed by atoms with Crippen LogP contribution in [0.2, 0.25) is 0 Å². The van der Waals surface area contributed by atoms with Crippen molar-refractivity contribution >= 4 is 11.6 Å². The summed E-state index contributed by atoms with van der Waals surface area (Å²) in [6.45, 7) is 15.7. The number of hydrogen-bond donors (Lipinski definition) is 0. The van der Waals surface area contributed by atoms with Gasteiger partial charge in [-0.3, -0.25) is 9.69 Å². The first kappa shape index (κ1) is 20.7. The van der Waals surface area contributed by atoms with Crippen LogP contribution in [0.3, 0.4) is 0 Å². The Balaban J connectivity index is 1.60. The molecule has 2 fully saturated rings. The summed E-state index contributed by atoms with van der Waals surface area (Å²) in [4.78, 5) is 20.1. The number of anilines is 1. The number of hydrogen-bond acceptors (Lipinski definition) is 4. The zero-order valence-electron chi connectivity index (χ0n) is 17.9. The van der Waals surface area contributed by atoms with Gasteiger partial charge >= 0.3 is 0 Å². The SMILES string of the molecule is C=C(C)C(C)(C)C(=O)N1CCC[C@H](N2CCN(c3ccccc3OC)CC2)C1. The van der Waals surface area contributed by atoms with Crippen LogP contribution in [0.5, 0.6) is 5.75 Å². The van der Waals surface area contributed by atoms with Gasteiger partial charge in [0.2, 0.25) is 5.91 Å². The monoisotopic (exact) mass is 385 g/mol. The zero-order valence-corrected chi connectivity index (χ0v) is 17.9. The highest BCUT2D eigenvalue weighted by molar-refractivity contribution is 5.85. The number of rotatable bonds is 5. The molecule has 5 heteroatoms. The van der Waals surface area contributed by atoms with Crippen LogP contribution < -0.4 is 9.64 Å². The third-order valence-corrected chi connectivity index (χ3v) is 6.54. The van der Waals surface area contributed by atoms with Gasteiger partial charge in [0.1, 0.15) is 5.75 Å². The Bertz CT molecular complexity index is 708. The van der Waals surface area contributed by atoms with E-state index in [4.69, 9.17) is 4.74 Å². The van der Waals surface area contributed by atoms with Gasteiger partial charge in [-0.15, -0.1) is 0 Å². The lowest BCUT2D eigenvalue weighted by Gasteiger charge is -2.45. The lowest BCUT2D eigenvalue weighted by atomic mass is 9.84. The molecule has 0 spiro atoms. The number of nitrogens with zero attached hydrogens (tertiary/aromatic N) is 3. The fourth-order valence-electron chi connectivity index (χ4n) is 4.23. The van der Waals surface area contributed by atoms with Gasteiger partial charge in [0, 0.05) is 45.3 Å². The minimum Gasteiger partial charge on any atom is -0.495 e. The van der Waals surface area contributed by atoms with Gasteiger partial charge in [0.05, 0.1) is 18.2 Å². The number of piperazine rings is 1. The summed E-state index contributed by atoms with van der Waals surface area (Å²) in [6, 6.07) is 8.69. The topological polar surface area (TPSA) is 36.0 Å². The Morgan fingerprint density at radius 2 is 1.82 bits per heavy atom. The molecule has 3 rings (SSSR count). The number of para-hydroxylation sites is 2. The van der Waals surface area contributed by atoms with Crippen LogP contribution >= 0.6 is 0 Å². The second-order valence-corrected chi connectivity index (χ2v) is 8.65. The molecule has 0 saturated carbocycles. The zero-order chi connectivity index (χ0) is 20.3. The first-order chi connectivity index (χ1) is 13.3. The van der Waals surface area contributed by atoms with Gasteiger partial charge in [-0.2, -0.15) is 0 Å². The molecule has 1 atom stereocenters. The molecule has 2 aliphatic rings. The van der Waals surface area contributed by atoms with Gasteiger partial charge in [-0.05, 0) is 45.7 Å². The van der Waals surface area contributed by atoms with Crippen molar-refractivity contribution in [3.8, 4) is 5.75 Å². The highest BCUT2D eigenvalue weighted by atomic mass is 16.5. The molecule has 1 aromatic carbocycles. The molecule has 1 amide bonds. The molecule has 5 nitrogen and oxygen atoms in total. The van der Waals surface area contributed by atoms with Crippen LogP contribution in [0.25, 0.3) is 0 Å². The van der Waals surface area contributed by atoms with E-state index in [1.807, 2.05) is 32.9 Å². The van der Waals surface area contributed by atoms with Crippen molar-refractivity contribution in [2.75, 3.05) is 51.3 Å².